The van der Waals surface area contributed by atoms with Gasteiger partial charge in [0.05, 0.1) is 5.69 Å². The Morgan fingerprint density at radius 1 is 1.26 bits per heavy atom. The Morgan fingerprint density at radius 3 is 2.63 bits per heavy atom. The molecule has 0 saturated heterocycles. The van der Waals surface area contributed by atoms with Gasteiger partial charge in [0.1, 0.15) is 5.76 Å². The van der Waals surface area contributed by atoms with Crippen LogP contribution in [0.5, 0.6) is 0 Å². The number of nitrogens with zero attached hydrogens (tertiary/aromatic N) is 3. The molecule has 0 fully saturated rings. The largest absolute Gasteiger partial charge is 0.361 e. The van der Waals surface area contributed by atoms with Crippen molar-refractivity contribution >= 4 is 35.5 Å². The van der Waals surface area contributed by atoms with E-state index in [9.17, 15) is 0 Å². The van der Waals surface area contributed by atoms with E-state index < -0.39 is 0 Å². The molecule has 0 aliphatic carbocycles. The highest BCUT2D eigenvalue weighted by Gasteiger charge is 2.16. The minimum atomic E-state index is 0. The first-order chi connectivity index (χ1) is 12.7. The van der Waals surface area contributed by atoms with E-state index in [1.807, 2.05) is 13.8 Å². The molecule has 2 aromatic rings. The smallest absolute Gasteiger partial charge is 0.194 e. The number of halogens is 1. The second-order valence-corrected chi connectivity index (χ2v) is 6.58. The summed E-state index contributed by atoms with van der Waals surface area (Å²) >= 11 is 0. The summed E-state index contributed by atoms with van der Waals surface area (Å²) < 4.78 is 5.24. The molecule has 1 aromatic heterocycles. The van der Waals surface area contributed by atoms with E-state index in [-0.39, 0.29) is 24.0 Å². The molecule has 2 heterocycles. The van der Waals surface area contributed by atoms with Crippen LogP contribution in [0.2, 0.25) is 0 Å². The maximum atomic E-state index is 5.24. The van der Waals surface area contributed by atoms with E-state index in [0.29, 0.717) is 0 Å². The van der Waals surface area contributed by atoms with Crippen molar-refractivity contribution in [3.05, 3.63) is 59.0 Å². The van der Waals surface area contributed by atoms with Gasteiger partial charge in [-0.05, 0) is 44.7 Å². The van der Waals surface area contributed by atoms with Gasteiger partial charge in [0.15, 0.2) is 5.96 Å². The number of nitrogens with one attached hydrogen (secondary N) is 1. The Hall–Kier alpha value is -1.83. The van der Waals surface area contributed by atoms with E-state index in [1.54, 1.807) is 0 Å². The summed E-state index contributed by atoms with van der Waals surface area (Å²) in [6, 6.07) is 10.6. The minimum Gasteiger partial charge on any atom is -0.361 e. The number of hydrogen-bond donors (Lipinski definition) is 1. The Morgan fingerprint density at radius 2 is 2.04 bits per heavy atom. The molecule has 1 aliphatic rings. The third kappa shape index (κ3) is 5.57. The van der Waals surface area contributed by atoms with Crippen LogP contribution in [-0.4, -0.2) is 42.2 Å². The topological polar surface area (TPSA) is 53.7 Å². The summed E-state index contributed by atoms with van der Waals surface area (Å²) in [5.41, 5.74) is 4.89. The van der Waals surface area contributed by atoms with Crippen molar-refractivity contribution in [2.75, 3.05) is 26.2 Å². The van der Waals surface area contributed by atoms with Crippen LogP contribution < -0.4 is 5.32 Å². The Balaban J connectivity index is 0.00000261. The highest BCUT2D eigenvalue weighted by atomic mass is 127. The van der Waals surface area contributed by atoms with Crippen LogP contribution in [0.15, 0.2) is 45.9 Å². The molecule has 0 amide bonds. The lowest BCUT2D eigenvalue weighted by atomic mass is 10.00. The number of aliphatic imine (C=N–C) groups is 1. The highest BCUT2D eigenvalue weighted by molar-refractivity contribution is 14.0. The molecule has 3 rings (SSSR count). The minimum absolute atomic E-state index is 0. The fraction of sp³-hybridized carbons (Fsp3) is 0.429. The van der Waals surface area contributed by atoms with Gasteiger partial charge in [0.2, 0.25) is 0 Å². The SMILES string of the molecule is CCNC(=NCCc1c(C)noc1C)N1CC=C(c2ccccc2)CC1.I. The van der Waals surface area contributed by atoms with Gasteiger partial charge in [-0.15, -0.1) is 24.0 Å². The van der Waals surface area contributed by atoms with Crippen LogP contribution in [0, 0.1) is 13.8 Å². The Bertz CT molecular complexity index is 763. The normalized spacial score (nSPS) is 14.6. The fourth-order valence-corrected chi connectivity index (χ4v) is 3.33. The summed E-state index contributed by atoms with van der Waals surface area (Å²) in [7, 11) is 0. The first-order valence-electron chi connectivity index (χ1n) is 9.38. The van der Waals surface area contributed by atoms with Gasteiger partial charge in [-0.1, -0.05) is 41.6 Å². The monoisotopic (exact) mass is 480 g/mol. The lowest BCUT2D eigenvalue weighted by Crippen LogP contribution is -2.43. The number of rotatable bonds is 5. The Kier molecular flexibility index (Phi) is 8.34. The quantitative estimate of drug-likeness (QED) is 0.396. The van der Waals surface area contributed by atoms with Crippen LogP contribution in [0.4, 0.5) is 0 Å². The zero-order valence-electron chi connectivity index (χ0n) is 16.4. The predicted octanol–water partition coefficient (Wildman–Crippen LogP) is 4.21. The van der Waals surface area contributed by atoms with Crippen molar-refractivity contribution in [3.63, 3.8) is 0 Å². The average molecular weight is 480 g/mol. The molecule has 1 aliphatic heterocycles. The molecule has 0 spiro atoms. The maximum absolute atomic E-state index is 5.24. The first-order valence-corrected chi connectivity index (χ1v) is 9.38. The van der Waals surface area contributed by atoms with Crippen molar-refractivity contribution in [2.24, 2.45) is 4.99 Å². The number of hydrogen-bond acceptors (Lipinski definition) is 3. The van der Waals surface area contributed by atoms with Crippen molar-refractivity contribution in [1.29, 1.82) is 0 Å². The summed E-state index contributed by atoms with van der Waals surface area (Å²) in [6.45, 7) is 9.54. The van der Waals surface area contributed by atoms with Gasteiger partial charge in [0, 0.05) is 31.7 Å². The van der Waals surface area contributed by atoms with Gasteiger partial charge in [-0.2, -0.15) is 0 Å². The van der Waals surface area contributed by atoms with Crippen molar-refractivity contribution in [2.45, 2.75) is 33.6 Å². The molecule has 0 atom stereocenters. The van der Waals surface area contributed by atoms with Crippen molar-refractivity contribution < 1.29 is 4.52 Å². The summed E-state index contributed by atoms with van der Waals surface area (Å²) in [6.07, 6.45) is 4.22. The molecular formula is C21H29IN4O. The zero-order valence-corrected chi connectivity index (χ0v) is 18.7. The van der Waals surface area contributed by atoms with Crippen molar-refractivity contribution in [3.8, 4) is 0 Å². The number of benzene rings is 1. The summed E-state index contributed by atoms with van der Waals surface area (Å²) in [5.74, 6) is 1.89. The predicted molar refractivity (Wildman–Crippen MR) is 122 cm³/mol. The van der Waals surface area contributed by atoms with Crippen LogP contribution in [-0.2, 0) is 6.42 Å². The van der Waals surface area contributed by atoms with Gasteiger partial charge >= 0.3 is 0 Å². The van der Waals surface area contributed by atoms with E-state index in [0.717, 1.165) is 56.4 Å². The Labute approximate surface area is 178 Å². The summed E-state index contributed by atoms with van der Waals surface area (Å²) in [5, 5.41) is 7.44. The molecular weight excluding hydrogens is 451 g/mol. The standard InChI is InChI=1S/C21H28N4O.HI/c1-4-22-21(23-13-10-20-16(2)24-26-17(20)3)25-14-11-19(12-15-25)18-8-6-5-7-9-18;/h5-9,11H,4,10,12-15H2,1-3H3,(H,22,23);1H. The van der Waals surface area contributed by atoms with Gasteiger partial charge in [0.25, 0.3) is 0 Å². The van der Waals surface area contributed by atoms with Gasteiger partial charge in [-0.3, -0.25) is 4.99 Å². The molecule has 146 valence electrons. The molecule has 0 radical (unpaired) electrons. The molecule has 0 unspecified atom stereocenters. The van der Waals surface area contributed by atoms with E-state index >= 15 is 0 Å². The number of guanidine groups is 1. The third-order valence-corrected chi connectivity index (χ3v) is 4.79. The lowest BCUT2D eigenvalue weighted by Gasteiger charge is -2.30. The third-order valence-electron chi connectivity index (χ3n) is 4.79. The van der Waals surface area contributed by atoms with Crippen LogP contribution in [0.25, 0.3) is 5.57 Å². The second-order valence-electron chi connectivity index (χ2n) is 6.58. The van der Waals surface area contributed by atoms with Crippen LogP contribution in [0.1, 0.15) is 35.9 Å². The average Bonchev–Trinajstić information content (AvgIpc) is 3.00. The maximum Gasteiger partial charge on any atom is 0.194 e. The van der Waals surface area contributed by atoms with E-state index in [1.165, 1.54) is 16.7 Å². The van der Waals surface area contributed by atoms with E-state index in [4.69, 9.17) is 9.52 Å². The number of aryl methyl sites for hydroxylation is 2. The van der Waals surface area contributed by atoms with E-state index in [2.05, 4.69) is 58.7 Å². The summed E-state index contributed by atoms with van der Waals surface area (Å²) in [4.78, 5) is 7.15. The van der Waals surface area contributed by atoms with Gasteiger partial charge in [-0.25, -0.2) is 0 Å². The van der Waals surface area contributed by atoms with Crippen LogP contribution in [0.3, 0.4) is 0 Å². The highest BCUT2D eigenvalue weighted by Crippen LogP contribution is 2.22. The molecule has 5 nitrogen and oxygen atoms in total. The molecule has 6 heteroatoms. The molecule has 0 bridgehead atoms. The fourth-order valence-electron chi connectivity index (χ4n) is 3.33. The van der Waals surface area contributed by atoms with Gasteiger partial charge < -0.3 is 14.7 Å². The lowest BCUT2D eigenvalue weighted by molar-refractivity contribution is 0.392. The molecule has 1 aromatic carbocycles. The first kappa shape index (κ1) is 21.5. The molecule has 27 heavy (non-hydrogen) atoms. The van der Waals surface area contributed by atoms with Crippen molar-refractivity contribution in [1.82, 2.24) is 15.4 Å². The second kappa shape index (κ2) is 10.5. The molecule has 0 saturated carbocycles. The zero-order chi connectivity index (χ0) is 18.4. The number of aromatic nitrogens is 1. The van der Waals surface area contributed by atoms with Crippen LogP contribution >= 0.6 is 24.0 Å². The molecule has 1 N–H and O–H groups in total.